The van der Waals surface area contributed by atoms with Gasteiger partial charge in [-0.1, -0.05) is 6.07 Å². The summed E-state index contributed by atoms with van der Waals surface area (Å²) < 4.78 is 24.2. The highest BCUT2D eigenvalue weighted by atomic mass is 19.1. The van der Waals surface area contributed by atoms with Gasteiger partial charge in [-0.15, -0.1) is 10.2 Å². The minimum absolute atomic E-state index is 0.0317. The van der Waals surface area contributed by atoms with Crippen molar-refractivity contribution in [2.45, 2.75) is 44.6 Å². The number of hydrogen-bond donors (Lipinski definition) is 3. The number of nitrogens with zero attached hydrogens (tertiary/aromatic N) is 6. The number of methoxy groups -OCH3 is 1. The fraction of sp³-hybridized carbons (Fsp3) is 0.455. The van der Waals surface area contributed by atoms with E-state index >= 15 is 0 Å². The van der Waals surface area contributed by atoms with E-state index in [-0.39, 0.29) is 43.1 Å². The summed E-state index contributed by atoms with van der Waals surface area (Å²) in [5.41, 5.74) is -0.0988. The van der Waals surface area contributed by atoms with Gasteiger partial charge in [0.15, 0.2) is 11.6 Å². The lowest BCUT2D eigenvalue weighted by molar-refractivity contribution is -0.142. The first kappa shape index (κ1) is 24.6. The largest absolute Gasteiger partial charge is 0.494 e. The molecule has 0 bridgehead atoms. The molecule has 0 aliphatic carbocycles. The smallest absolute Gasteiger partial charge is 0.270 e. The molecule has 186 valence electrons. The Balaban J connectivity index is 1.41. The average molecular weight is 487 g/mol. The first-order valence-corrected chi connectivity index (χ1v) is 11.0. The van der Waals surface area contributed by atoms with E-state index in [9.17, 15) is 19.4 Å². The molecule has 1 aliphatic heterocycles. The lowest BCUT2D eigenvalue weighted by Crippen LogP contribution is -2.45. The average Bonchev–Trinajstić information content (AvgIpc) is 3.33. The lowest BCUT2D eigenvalue weighted by atomic mass is 9.94. The molecule has 13 heteroatoms. The molecule has 35 heavy (non-hydrogen) atoms. The van der Waals surface area contributed by atoms with E-state index in [2.05, 4.69) is 30.7 Å². The Morgan fingerprint density at radius 1 is 1.37 bits per heavy atom. The molecule has 0 unspecified atom stereocenters. The zero-order valence-electron chi connectivity index (χ0n) is 19.3. The number of carbonyl (C=O) groups excluding carboxylic acids is 1. The third-order valence-electron chi connectivity index (χ3n) is 5.60. The van der Waals surface area contributed by atoms with Gasteiger partial charge in [0, 0.05) is 6.54 Å². The molecule has 12 nitrogen and oxygen atoms in total. The normalized spacial score (nSPS) is 20.0. The van der Waals surface area contributed by atoms with Crippen LogP contribution in [0.5, 0.6) is 5.75 Å². The SMILES string of the molecule is COc1cc(CNC(=O)c2cc(-c3nnn(C[C@H]4CC[C@](O)(CO)CO4)n3)nc(C)n2)ccc1F. The Morgan fingerprint density at radius 2 is 2.20 bits per heavy atom. The summed E-state index contributed by atoms with van der Waals surface area (Å²) in [5, 5.41) is 34.4. The highest BCUT2D eigenvalue weighted by Gasteiger charge is 2.33. The van der Waals surface area contributed by atoms with Gasteiger partial charge in [-0.25, -0.2) is 14.4 Å². The van der Waals surface area contributed by atoms with Crippen molar-refractivity contribution in [2.75, 3.05) is 20.3 Å². The van der Waals surface area contributed by atoms with Gasteiger partial charge < -0.3 is 25.0 Å². The standard InChI is InChI=1S/C22H26FN7O5/c1-13-25-17(20-27-29-30(28-20)10-15-5-6-22(33,11-31)12-35-15)8-18(26-13)21(32)24-9-14-3-4-16(23)19(7-14)34-2/h3-4,7-8,15,31,33H,5-6,9-12H2,1-2H3,(H,24,32)/t15-,22+/m1/s1. The second-order valence-corrected chi connectivity index (χ2v) is 8.36. The topological polar surface area (TPSA) is 157 Å². The van der Waals surface area contributed by atoms with Crippen molar-refractivity contribution in [1.82, 2.24) is 35.5 Å². The van der Waals surface area contributed by atoms with Crippen LogP contribution in [-0.2, 0) is 17.8 Å². The van der Waals surface area contributed by atoms with Crippen LogP contribution in [-0.4, -0.2) is 78.3 Å². The van der Waals surface area contributed by atoms with E-state index in [4.69, 9.17) is 9.47 Å². The van der Waals surface area contributed by atoms with Gasteiger partial charge in [0.05, 0.1) is 33.0 Å². The van der Waals surface area contributed by atoms with Gasteiger partial charge in [-0.2, -0.15) is 4.80 Å². The maximum absolute atomic E-state index is 13.6. The number of amides is 1. The van der Waals surface area contributed by atoms with E-state index in [1.54, 1.807) is 13.0 Å². The zero-order chi connectivity index (χ0) is 25.0. The van der Waals surface area contributed by atoms with Crippen LogP contribution in [0.3, 0.4) is 0 Å². The molecule has 1 saturated heterocycles. The van der Waals surface area contributed by atoms with Crippen molar-refractivity contribution in [3.8, 4) is 17.3 Å². The van der Waals surface area contributed by atoms with E-state index in [1.807, 2.05) is 0 Å². The Hall–Kier alpha value is -3.55. The summed E-state index contributed by atoms with van der Waals surface area (Å²) >= 11 is 0. The van der Waals surface area contributed by atoms with Gasteiger partial charge in [-0.3, -0.25) is 4.79 Å². The van der Waals surface area contributed by atoms with E-state index in [0.717, 1.165) is 0 Å². The van der Waals surface area contributed by atoms with Gasteiger partial charge >= 0.3 is 0 Å². The van der Waals surface area contributed by atoms with Crippen LogP contribution >= 0.6 is 0 Å². The molecule has 2 aromatic heterocycles. The van der Waals surface area contributed by atoms with Crippen LogP contribution in [0.4, 0.5) is 4.39 Å². The van der Waals surface area contributed by atoms with Crippen LogP contribution in [0.2, 0.25) is 0 Å². The second kappa shape index (κ2) is 10.4. The van der Waals surface area contributed by atoms with Crippen LogP contribution in [0.25, 0.3) is 11.5 Å². The van der Waals surface area contributed by atoms with Crippen molar-refractivity contribution in [1.29, 1.82) is 0 Å². The second-order valence-electron chi connectivity index (χ2n) is 8.36. The highest BCUT2D eigenvalue weighted by molar-refractivity contribution is 5.93. The molecule has 3 N–H and O–H groups in total. The van der Waals surface area contributed by atoms with E-state index in [1.165, 1.54) is 30.1 Å². The van der Waals surface area contributed by atoms with E-state index < -0.39 is 17.3 Å². The summed E-state index contributed by atoms with van der Waals surface area (Å²) in [6.45, 7) is 1.78. The molecule has 0 saturated carbocycles. The predicted molar refractivity (Wildman–Crippen MR) is 119 cm³/mol. The summed E-state index contributed by atoms with van der Waals surface area (Å²) in [6, 6.07) is 5.80. The summed E-state index contributed by atoms with van der Waals surface area (Å²) in [6.07, 6.45) is 0.705. The number of rotatable bonds is 8. The van der Waals surface area contributed by atoms with Gasteiger partial charge in [0.25, 0.3) is 5.91 Å². The molecule has 2 atom stereocenters. The van der Waals surface area contributed by atoms with Crippen LogP contribution in [0.15, 0.2) is 24.3 Å². The number of halogens is 1. The molecule has 0 radical (unpaired) electrons. The molecule has 1 aliphatic rings. The number of carbonyl (C=O) groups is 1. The Kier molecular flexibility index (Phi) is 7.28. The van der Waals surface area contributed by atoms with Crippen molar-refractivity contribution < 1.29 is 28.9 Å². The van der Waals surface area contributed by atoms with Crippen LogP contribution in [0, 0.1) is 12.7 Å². The third kappa shape index (κ3) is 5.93. The lowest BCUT2D eigenvalue weighted by Gasteiger charge is -2.34. The number of aromatic nitrogens is 6. The molecular formula is C22H26FN7O5. The fourth-order valence-electron chi connectivity index (χ4n) is 3.62. The third-order valence-corrected chi connectivity index (χ3v) is 5.60. The van der Waals surface area contributed by atoms with Crippen molar-refractivity contribution in [3.63, 3.8) is 0 Å². The van der Waals surface area contributed by atoms with Gasteiger partial charge in [-0.05, 0) is 48.7 Å². The number of tetrazole rings is 1. The Morgan fingerprint density at radius 3 is 2.91 bits per heavy atom. The summed E-state index contributed by atoms with van der Waals surface area (Å²) in [5.74, 6) is -0.268. The maximum atomic E-state index is 13.6. The number of nitrogens with one attached hydrogen (secondary N) is 1. The van der Waals surface area contributed by atoms with Crippen LogP contribution in [0.1, 0.15) is 34.7 Å². The number of aliphatic hydroxyl groups excluding tert-OH is 1. The van der Waals surface area contributed by atoms with Crippen LogP contribution < -0.4 is 10.1 Å². The quantitative estimate of drug-likeness (QED) is 0.407. The minimum Gasteiger partial charge on any atom is -0.494 e. The first-order chi connectivity index (χ1) is 16.8. The highest BCUT2D eigenvalue weighted by Crippen LogP contribution is 2.23. The minimum atomic E-state index is -1.21. The summed E-state index contributed by atoms with van der Waals surface area (Å²) in [7, 11) is 1.37. The summed E-state index contributed by atoms with van der Waals surface area (Å²) in [4.78, 5) is 22.6. The predicted octanol–water partition coefficient (Wildman–Crippen LogP) is 0.419. The monoisotopic (exact) mass is 487 g/mol. The fourth-order valence-corrected chi connectivity index (χ4v) is 3.62. The molecule has 0 spiro atoms. The van der Waals surface area contributed by atoms with Crippen molar-refractivity contribution in [3.05, 3.63) is 47.2 Å². The Labute approximate surface area is 200 Å². The molecule has 4 rings (SSSR count). The maximum Gasteiger partial charge on any atom is 0.270 e. The number of aryl methyl sites for hydroxylation is 1. The zero-order valence-corrected chi connectivity index (χ0v) is 19.3. The number of hydrogen-bond acceptors (Lipinski definition) is 10. The molecular weight excluding hydrogens is 461 g/mol. The molecule has 3 aromatic rings. The molecule has 3 heterocycles. The number of ether oxygens (including phenoxy) is 2. The molecule has 1 fully saturated rings. The van der Waals surface area contributed by atoms with Crippen molar-refractivity contribution >= 4 is 5.91 Å². The van der Waals surface area contributed by atoms with Gasteiger partial charge in [0.2, 0.25) is 5.82 Å². The molecule has 1 aromatic carbocycles. The molecule has 1 amide bonds. The number of benzene rings is 1. The number of aliphatic hydroxyl groups is 2. The van der Waals surface area contributed by atoms with Gasteiger partial charge in [0.1, 0.15) is 22.8 Å². The van der Waals surface area contributed by atoms with Crippen molar-refractivity contribution in [2.24, 2.45) is 0 Å². The first-order valence-electron chi connectivity index (χ1n) is 11.0. The Bertz CT molecular complexity index is 1200. The van der Waals surface area contributed by atoms with E-state index in [0.29, 0.717) is 36.5 Å².